The van der Waals surface area contributed by atoms with E-state index >= 15 is 0 Å². The third-order valence-electron chi connectivity index (χ3n) is 30.7. The Morgan fingerprint density at radius 1 is 0.361 bits per heavy atom. The number of carbonyl (C=O) groups is 2. The van der Waals surface area contributed by atoms with Crippen LogP contribution in [0.4, 0.5) is 13.2 Å². The number of rotatable bonds is 23. The van der Waals surface area contributed by atoms with Crippen molar-refractivity contribution < 1.29 is 61.2 Å². The molecule has 0 unspecified atom stereocenters. The molecule has 4 heterocycles. The Bertz CT molecular complexity index is 5870. The van der Waals surface area contributed by atoms with E-state index in [4.69, 9.17) is 25.3 Å². The van der Waals surface area contributed by atoms with Gasteiger partial charge >= 0.3 is 6.18 Å². The van der Waals surface area contributed by atoms with Crippen molar-refractivity contribution in [3.63, 3.8) is 0 Å². The first-order valence-corrected chi connectivity index (χ1v) is 54.5. The van der Waals surface area contributed by atoms with Gasteiger partial charge in [-0.3, -0.25) is 9.59 Å². The van der Waals surface area contributed by atoms with Gasteiger partial charge in [-0.2, -0.15) is 13.2 Å². The van der Waals surface area contributed by atoms with Crippen LogP contribution in [0.3, 0.4) is 0 Å². The molecule has 0 aliphatic heterocycles. The number of carbonyl (C=O) groups excluding carboxylic acids is 2. The fourth-order valence-corrected chi connectivity index (χ4v) is 23.1. The summed E-state index contributed by atoms with van der Waals surface area (Å²) in [4.78, 5) is 30.3. The van der Waals surface area contributed by atoms with Crippen molar-refractivity contribution in [1.82, 2.24) is 28.1 Å². The molecule has 0 saturated heterocycles. The van der Waals surface area contributed by atoms with E-state index in [0.29, 0.717) is 46.9 Å². The molecule has 133 heavy (non-hydrogen) atoms. The van der Waals surface area contributed by atoms with E-state index in [9.17, 15) is 56.4 Å². The van der Waals surface area contributed by atoms with Crippen molar-refractivity contribution in [3.8, 4) is 45.0 Å². The molecule has 7 saturated carbocycles. The van der Waals surface area contributed by atoms with Crippen LogP contribution in [0.25, 0.3) is 45.0 Å². The summed E-state index contributed by atoms with van der Waals surface area (Å²) < 4.78 is 155. The van der Waals surface area contributed by atoms with Crippen LogP contribution in [-0.2, 0) is 104 Å². The van der Waals surface area contributed by atoms with Gasteiger partial charge in [0, 0.05) is 115 Å². The van der Waals surface area contributed by atoms with Gasteiger partial charge in [0.05, 0.1) is 11.2 Å². The van der Waals surface area contributed by atoms with Crippen LogP contribution in [0.5, 0.6) is 0 Å². The van der Waals surface area contributed by atoms with Gasteiger partial charge in [-0.1, -0.05) is 131 Å². The lowest BCUT2D eigenvalue weighted by Gasteiger charge is -2.32. The van der Waals surface area contributed by atoms with Crippen LogP contribution < -0.4 is 20.6 Å². The highest BCUT2D eigenvalue weighted by molar-refractivity contribution is 7.90. The Hall–Kier alpha value is -7.67. The Labute approximate surface area is 792 Å². The van der Waals surface area contributed by atoms with Crippen LogP contribution in [0, 0.1) is 51.4 Å². The van der Waals surface area contributed by atoms with E-state index in [-0.39, 0.29) is 69.7 Å². The summed E-state index contributed by atoms with van der Waals surface area (Å²) in [5.74, 6) is 1.34. The minimum absolute atomic E-state index is 0.0568. The fourth-order valence-electron chi connectivity index (χ4n) is 19.9. The van der Waals surface area contributed by atoms with E-state index in [1.54, 1.807) is 56.4 Å². The molecule has 2 amide bonds. The first-order chi connectivity index (χ1) is 61.5. The summed E-state index contributed by atoms with van der Waals surface area (Å²) in [6, 6.07) is 29.5. The highest BCUT2D eigenvalue weighted by Gasteiger charge is 2.45. The van der Waals surface area contributed by atoms with E-state index in [1.165, 1.54) is 163 Å². The molecule has 7 fully saturated rings. The topological polar surface area (TPSA) is 310 Å². The molecule has 15 rings (SSSR count). The maximum Gasteiger partial charge on any atom is 0.416 e. The molecule has 7 aliphatic carbocycles. The second-order valence-corrected chi connectivity index (χ2v) is 50.6. The number of alkyl halides is 3. The minimum atomic E-state index is -4.69. The number of hydrogen-bond donors (Lipinski definition) is 4. The van der Waals surface area contributed by atoms with E-state index < -0.39 is 68.9 Å². The zero-order valence-corrected chi connectivity index (χ0v) is 86.3. The van der Waals surface area contributed by atoms with Gasteiger partial charge in [-0.15, -0.1) is 0 Å². The summed E-state index contributed by atoms with van der Waals surface area (Å²) in [6.07, 6.45) is 26.3. The minimum Gasteiger partial charge on any atom is -0.374 e. The number of sulfonamides is 4. The number of hydrogen-bond acceptors (Lipinski definition) is 11. The molecule has 0 spiro atoms. The van der Waals surface area contributed by atoms with Crippen LogP contribution in [0.15, 0.2) is 117 Å². The van der Waals surface area contributed by atoms with Crippen LogP contribution in [-0.4, -0.2) is 106 Å². The highest BCUT2D eigenvalue weighted by Crippen LogP contribution is 2.55. The molecular weight excluding hydrogens is 1760 g/mol. The summed E-state index contributed by atoms with van der Waals surface area (Å²) in [5.41, 5.74) is 13.7. The van der Waals surface area contributed by atoms with Gasteiger partial charge in [-0.05, 0) is 353 Å². The second-order valence-electron chi connectivity index (χ2n) is 44.5. The van der Waals surface area contributed by atoms with Gasteiger partial charge < -0.3 is 32.8 Å². The Kier molecular flexibility index (Phi) is 30.8. The monoisotopic (exact) mass is 1910 g/mol. The molecule has 0 bridgehead atoms. The predicted molar refractivity (Wildman–Crippen MR) is 527 cm³/mol. The van der Waals surface area contributed by atoms with Gasteiger partial charge in [0.2, 0.25) is 40.1 Å². The Morgan fingerprint density at radius 2 is 0.602 bits per heavy atom. The number of benzene rings is 4. The van der Waals surface area contributed by atoms with Crippen LogP contribution in [0.2, 0.25) is 0 Å². The van der Waals surface area contributed by atoms with Crippen LogP contribution in [0.1, 0.15) is 341 Å². The highest BCUT2D eigenvalue weighted by atomic mass is 32.2. The number of nitrogens with zero attached hydrogens (tertiary/aromatic N) is 6. The standard InChI is InChI=1S/C28H43N3O3S.C26H38N2O3S.C26H36N2O2S.C25H34F3N3O3S/c1-19-25(35(29,33)34)17-24(31(19)18-20-12-10-9-11-13-20)21-14-22(16-23(15-21)27(2,3)4)26(32)30(8)28(5,6)7;1-18-24(32(27,29)30)16-23(28(18)17-19-9-7-6-8-10-19)20-13-21(25(2,3)31-5)15-22(14-20)26(4)11-12-26;1-18-24(31(27,29)30)16-23(28(18)17-19-7-5-4-6-8-19)20-13-21(25(2)9-10-25)15-22(14-20)26(3)11-12-26;1-16-22(35(29,33)34)14-21(31(16)15-17-9-7-6-8-10-17)18-11-19(13-20(12-18)25(26,27)28)23(32)30(5)24(2,3)4/h14-17,20H,9-13,18H2,1-8H3,(H2,29,33,34);13-16,19H,6-12,17H2,1-5H3,(H2,27,29,30);13-16,19H,4-12,17H2,1-3H3,(H2,27,29,30);11-14,17H,6-10,15H2,1-5H3,(H2,29,33,34). The first kappa shape index (κ1) is 104. The molecule has 21 nitrogen and oxygen atoms in total. The molecule has 28 heteroatoms. The van der Waals surface area contributed by atoms with Gasteiger partial charge in [0.25, 0.3) is 11.8 Å². The van der Waals surface area contributed by atoms with Crippen molar-refractivity contribution in [1.29, 1.82) is 0 Å². The summed E-state index contributed by atoms with van der Waals surface area (Å²) in [6.45, 7) is 39.1. The summed E-state index contributed by atoms with van der Waals surface area (Å²) in [7, 11) is -10.4. The average molecular weight is 1910 g/mol. The normalized spacial score (nSPS) is 18.3. The molecule has 7 aliphatic rings. The summed E-state index contributed by atoms with van der Waals surface area (Å²) in [5, 5.41) is 22.3. The summed E-state index contributed by atoms with van der Waals surface area (Å²) >= 11 is 0. The van der Waals surface area contributed by atoms with Crippen molar-refractivity contribution in [3.05, 3.63) is 164 Å². The lowest BCUT2D eigenvalue weighted by atomic mass is 9.84. The molecule has 732 valence electrons. The number of primary sulfonamides is 4. The van der Waals surface area contributed by atoms with Gasteiger partial charge in [0.15, 0.2) is 0 Å². The number of aromatic nitrogens is 4. The molecule has 4 aromatic heterocycles. The number of amides is 2. The number of nitrogens with two attached hydrogens (primary N) is 4. The van der Waals surface area contributed by atoms with Crippen molar-refractivity contribution in [2.45, 2.75) is 382 Å². The lowest BCUT2D eigenvalue weighted by Crippen LogP contribution is -2.42. The largest absolute Gasteiger partial charge is 0.416 e. The fraction of sp³-hybridized carbons (Fsp3) is 0.600. The maximum absolute atomic E-state index is 13.9. The van der Waals surface area contributed by atoms with Crippen molar-refractivity contribution in [2.75, 3.05) is 21.2 Å². The smallest absolute Gasteiger partial charge is 0.374 e. The molecule has 0 radical (unpaired) electrons. The number of halogens is 3. The third kappa shape index (κ3) is 24.7. The van der Waals surface area contributed by atoms with Gasteiger partial charge in [-0.25, -0.2) is 54.2 Å². The van der Waals surface area contributed by atoms with Crippen molar-refractivity contribution >= 4 is 51.9 Å². The van der Waals surface area contributed by atoms with Gasteiger partial charge in [0.1, 0.15) is 19.6 Å². The first-order valence-electron chi connectivity index (χ1n) is 48.3. The van der Waals surface area contributed by atoms with Crippen molar-refractivity contribution in [2.24, 2.45) is 44.2 Å². The molecular formula is C105H151F3N10O11S4. The average Bonchev–Trinajstić information content (AvgIpc) is 1.51. The van der Waals surface area contributed by atoms with E-state index in [1.807, 2.05) is 66.8 Å². The number of ether oxygens (including phenoxy) is 1. The SMILES string of the molecule is COC(C)(C)c1cc(-c2cc(S(N)(=O)=O)c(C)n2CC2CCCCC2)cc(C2(C)CC2)c1.Cc1c(S(N)(=O)=O)cc(-c2cc(C(=O)N(C)C(C)(C)C)cc(C(C)(C)C)c2)n1CC1CCCCC1.Cc1c(S(N)(=O)=O)cc(-c2cc(C(=O)N(C)C(C)(C)C)cc(C(F)(F)F)c2)n1CC1CCCCC1.Cc1c(S(N)(=O)=O)cc(-c2cc(C3(C)CC3)cc(C3(C)CC3)c2)n1CC1CCCCC1. The van der Waals surface area contributed by atoms with Crippen LogP contribution >= 0.6 is 0 Å². The Balaban J connectivity index is 0.000000160. The Morgan fingerprint density at radius 3 is 0.842 bits per heavy atom. The number of methoxy groups -OCH3 is 1. The van der Waals surface area contributed by atoms with E-state index in [0.717, 1.165) is 133 Å². The molecule has 4 aromatic carbocycles. The molecule has 8 aromatic rings. The zero-order valence-electron chi connectivity index (χ0n) is 83.0. The molecule has 0 atom stereocenters. The zero-order chi connectivity index (χ0) is 98.0. The molecule has 8 N–H and O–H groups in total. The lowest BCUT2D eigenvalue weighted by molar-refractivity contribution is -0.137. The van der Waals surface area contributed by atoms with E-state index in [2.05, 4.69) is 112 Å². The third-order valence-corrected chi connectivity index (χ3v) is 34.8. The quantitative estimate of drug-likeness (QED) is 0.0466. The maximum atomic E-state index is 13.9. The predicted octanol–water partition coefficient (Wildman–Crippen LogP) is 22.9. The second kappa shape index (κ2) is 39.3.